The summed E-state index contributed by atoms with van der Waals surface area (Å²) < 4.78 is 6.71. The number of oxazole rings is 1. The Morgan fingerprint density at radius 2 is 2.60 bits per heavy atom. The Hall–Kier alpha value is -1.58. The molecule has 0 saturated carbocycles. The lowest BCUT2D eigenvalue weighted by Crippen LogP contribution is -1.78. The van der Waals surface area contributed by atoms with Crippen LogP contribution in [0.1, 0.15) is 5.69 Å². The van der Waals surface area contributed by atoms with E-state index in [4.69, 9.17) is 4.42 Å². The molecule has 2 aromatic rings. The molecule has 0 radical (unpaired) electrons. The molecule has 2 rings (SSSR count). The minimum Gasteiger partial charge on any atom is -0.430 e. The molecule has 0 bridgehead atoms. The van der Waals surface area contributed by atoms with Crippen molar-refractivity contribution in [3.05, 3.63) is 24.9 Å². The van der Waals surface area contributed by atoms with Gasteiger partial charge in [-0.3, -0.25) is 0 Å². The Morgan fingerprint density at radius 3 is 3.40 bits per heavy atom. The highest BCUT2D eigenvalue weighted by Gasteiger charge is 2.00. The largest absolute Gasteiger partial charge is 0.430 e. The predicted molar refractivity (Wildman–Crippen MR) is 35.3 cm³/mol. The molecule has 0 aliphatic rings. The Labute approximate surface area is 56.8 Å². The standard InChI is InChI=1S/C6H5N3O/c1-2-5-3-10-6-8-7-4-9(5)6/h2-4H,1H2. The average Bonchev–Trinajstić information content (AvgIpc) is 2.44. The fourth-order valence-electron chi connectivity index (χ4n) is 0.798. The molecule has 0 spiro atoms. The Morgan fingerprint density at radius 1 is 1.70 bits per heavy atom. The molecule has 0 N–H and O–H groups in total. The van der Waals surface area contributed by atoms with E-state index in [0.717, 1.165) is 5.69 Å². The van der Waals surface area contributed by atoms with Crippen molar-refractivity contribution < 1.29 is 4.42 Å². The van der Waals surface area contributed by atoms with E-state index in [2.05, 4.69) is 16.8 Å². The third-order valence-corrected chi connectivity index (χ3v) is 1.29. The molecule has 2 aromatic heterocycles. The van der Waals surface area contributed by atoms with E-state index in [-0.39, 0.29) is 0 Å². The van der Waals surface area contributed by atoms with Gasteiger partial charge in [-0.2, -0.15) is 0 Å². The van der Waals surface area contributed by atoms with E-state index < -0.39 is 0 Å². The van der Waals surface area contributed by atoms with Crippen molar-refractivity contribution >= 4 is 11.9 Å². The fraction of sp³-hybridized carbons (Fsp3) is 0. The number of hydrogen-bond acceptors (Lipinski definition) is 3. The second-order valence-corrected chi connectivity index (χ2v) is 1.85. The number of aromatic nitrogens is 3. The number of hydrogen-bond donors (Lipinski definition) is 0. The van der Waals surface area contributed by atoms with Crippen molar-refractivity contribution in [1.82, 2.24) is 14.6 Å². The van der Waals surface area contributed by atoms with Gasteiger partial charge < -0.3 is 4.42 Å². The second kappa shape index (κ2) is 1.70. The lowest BCUT2D eigenvalue weighted by atomic mass is 10.5. The average molecular weight is 135 g/mol. The zero-order valence-corrected chi connectivity index (χ0v) is 5.19. The highest BCUT2D eigenvalue weighted by Crippen LogP contribution is 2.06. The molecule has 50 valence electrons. The zero-order valence-electron chi connectivity index (χ0n) is 5.19. The van der Waals surface area contributed by atoms with Gasteiger partial charge in [0.2, 0.25) is 0 Å². The highest BCUT2D eigenvalue weighted by atomic mass is 16.3. The molecule has 0 amide bonds. The maximum Gasteiger partial charge on any atom is 0.326 e. The Kier molecular flexibility index (Phi) is 0.887. The third-order valence-electron chi connectivity index (χ3n) is 1.29. The van der Waals surface area contributed by atoms with Crippen LogP contribution in [0.15, 0.2) is 23.6 Å². The molecule has 4 nitrogen and oxygen atoms in total. The first kappa shape index (κ1) is 5.22. The van der Waals surface area contributed by atoms with Gasteiger partial charge in [-0.1, -0.05) is 11.7 Å². The quantitative estimate of drug-likeness (QED) is 0.585. The van der Waals surface area contributed by atoms with Gasteiger partial charge in [-0.05, 0) is 6.08 Å². The van der Waals surface area contributed by atoms with E-state index >= 15 is 0 Å². The van der Waals surface area contributed by atoms with Gasteiger partial charge in [0.05, 0.1) is 5.69 Å². The topological polar surface area (TPSA) is 43.3 Å². The summed E-state index contributed by atoms with van der Waals surface area (Å²) in [5.41, 5.74) is 0.861. The van der Waals surface area contributed by atoms with E-state index in [1.807, 2.05) is 0 Å². The Balaban J connectivity index is 2.88. The number of fused-ring (bicyclic) bond motifs is 1. The second-order valence-electron chi connectivity index (χ2n) is 1.85. The van der Waals surface area contributed by atoms with Crippen molar-refractivity contribution in [1.29, 1.82) is 0 Å². The number of nitrogens with zero attached hydrogens (tertiary/aromatic N) is 3. The van der Waals surface area contributed by atoms with Crippen molar-refractivity contribution in [3.8, 4) is 0 Å². The van der Waals surface area contributed by atoms with Crippen LogP contribution in [0.5, 0.6) is 0 Å². The first-order valence-electron chi connectivity index (χ1n) is 2.81. The predicted octanol–water partition coefficient (Wildman–Crippen LogP) is 0.965. The fourth-order valence-corrected chi connectivity index (χ4v) is 0.798. The maximum absolute atomic E-state index is 5.00. The molecule has 4 heteroatoms. The smallest absolute Gasteiger partial charge is 0.326 e. The van der Waals surface area contributed by atoms with Gasteiger partial charge in [0, 0.05) is 0 Å². The summed E-state index contributed by atoms with van der Waals surface area (Å²) >= 11 is 0. The first-order chi connectivity index (χ1) is 4.92. The van der Waals surface area contributed by atoms with Gasteiger partial charge in [0.25, 0.3) is 0 Å². The summed E-state index contributed by atoms with van der Waals surface area (Å²) in [6.45, 7) is 3.60. The highest BCUT2D eigenvalue weighted by molar-refractivity contribution is 5.44. The van der Waals surface area contributed by atoms with Crippen molar-refractivity contribution in [2.75, 3.05) is 0 Å². The van der Waals surface area contributed by atoms with E-state index in [9.17, 15) is 0 Å². The van der Waals surface area contributed by atoms with Crippen LogP contribution in [-0.4, -0.2) is 14.6 Å². The van der Waals surface area contributed by atoms with Gasteiger partial charge in [-0.15, -0.1) is 5.10 Å². The van der Waals surface area contributed by atoms with E-state index in [1.165, 1.54) is 0 Å². The van der Waals surface area contributed by atoms with E-state index in [0.29, 0.717) is 5.84 Å². The van der Waals surface area contributed by atoms with Crippen LogP contribution in [0.3, 0.4) is 0 Å². The molecule has 0 aliphatic heterocycles. The summed E-state index contributed by atoms with van der Waals surface area (Å²) in [7, 11) is 0. The number of rotatable bonds is 1. The summed E-state index contributed by atoms with van der Waals surface area (Å²) in [6.07, 6.45) is 4.84. The van der Waals surface area contributed by atoms with Crippen molar-refractivity contribution in [2.24, 2.45) is 0 Å². The lowest BCUT2D eigenvalue weighted by molar-refractivity contribution is 0.592. The van der Waals surface area contributed by atoms with Crippen LogP contribution in [-0.2, 0) is 0 Å². The van der Waals surface area contributed by atoms with Gasteiger partial charge >= 0.3 is 5.84 Å². The monoisotopic (exact) mass is 135 g/mol. The summed E-state index contributed by atoms with van der Waals surface area (Å²) in [4.78, 5) is 0. The summed E-state index contributed by atoms with van der Waals surface area (Å²) in [5.74, 6) is 0.495. The summed E-state index contributed by atoms with van der Waals surface area (Å²) in [5, 5.41) is 7.33. The Bertz CT molecular complexity index is 360. The molecule has 0 unspecified atom stereocenters. The van der Waals surface area contributed by atoms with Crippen molar-refractivity contribution in [3.63, 3.8) is 0 Å². The van der Waals surface area contributed by atoms with Crippen LogP contribution in [0.25, 0.3) is 11.9 Å². The van der Waals surface area contributed by atoms with Crippen molar-refractivity contribution in [2.45, 2.75) is 0 Å². The zero-order chi connectivity index (χ0) is 6.97. The molecular formula is C6H5N3O. The van der Waals surface area contributed by atoms with Crippen LogP contribution in [0.4, 0.5) is 0 Å². The van der Waals surface area contributed by atoms with Gasteiger partial charge in [-0.25, -0.2) is 4.40 Å². The molecule has 0 saturated heterocycles. The SMILES string of the molecule is C=Cc1coc2nncn12. The molecule has 0 aromatic carbocycles. The molecular weight excluding hydrogens is 130 g/mol. The third kappa shape index (κ3) is 0.500. The van der Waals surface area contributed by atoms with Crippen LogP contribution in [0, 0.1) is 0 Å². The van der Waals surface area contributed by atoms with Crippen LogP contribution >= 0.6 is 0 Å². The van der Waals surface area contributed by atoms with Crippen LogP contribution < -0.4 is 0 Å². The lowest BCUT2D eigenvalue weighted by Gasteiger charge is -1.80. The minimum atomic E-state index is 0.495. The molecule has 2 heterocycles. The van der Waals surface area contributed by atoms with Gasteiger partial charge in [0.1, 0.15) is 12.6 Å². The maximum atomic E-state index is 5.00. The van der Waals surface area contributed by atoms with E-state index in [1.54, 1.807) is 23.1 Å². The molecule has 0 fully saturated rings. The first-order valence-corrected chi connectivity index (χ1v) is 2.81. The minimum absolute atomic E-state index is 0.495. The van der Waals surface area contributed by atoms with Gasteiger partial charge in [0.15, 0.2) is 0 Å². The van der Waals surface area contributed by atoms with Crippen LogP contribution in [0.2, 0.25) is 0 Å². The summed E-state index contributed by atoms with van der Waals surface area (Å²) in [6, 6.07) is 0. The molecule has 0 atom stereocenters. The normalized spacial score (nSPS) is 10.4. The molecule has 10 heavy (non-hydrogen) atoms. The molecule has 0 aliphatic carbocycles.